The molecule has 0 spiro atoms. The van der Waals surface area contributed by atoms with E-state index in [1.54, 1.807) is 0 Å². The molecule has 1 aliphatic rings. The first kappa shape index (κ1) is 18.0. The van der Waals surface area contributed by atoms with Crippen molar-refractivity contribution in [2.75, 3.05) is 13.6 Å². The second-order valence-electron chi connectivity index (χ2n) is 8.00. The summed E-state index contributed by atoms with van der Waals surface area (Å²) in [5, 5.41) is 3.07. The second kappa shape index (κ2) is 7.48. The summed E-state index contributed by atoms with van der Waals surface area (Å²) in [5.74, 6) is 0.154. The van der Waals surface area contributed by atoms with Crippen molar-refractivity contribution >= 4 is 5.91 Å². The number of carbonyl (C=O) groups is 1. The normalized spacial score (nSPS) is 16.4. The molecule has 3 heteroatoms. The van der Waals surface area contributed by atoms with E-state index in [1.165, 1.54) is 24.0 Å². The molecule has 1 fully saturated rings. The van der Waals surface area contributed by atoms with Crippen LogP contribution in [0.4, 0.5) is 0 Å². The van der Waals surface area contributed by atoms with Crippen LogP contribution in [0.5, 0.6) is 0 Å². The number of nitrogens with zero attached hydrogens (tertiary/aromatic N) is 1. The molecule has 0 aromatic heterocycles. The van der Waals surface area contributed by atoms with Crippen molar-refractivity contribution in [2.45, 2.75) is 70.9 Å². The van der Waals surface area contributed by atoms with Crippen LogP contribution in [0.25, 0.3) is 0 Å². The third-order valence-corrected chi connectivity index (χ3v) is 4.87. The third kappa shape index (κ3) is 5.65. The molecule has 0 heterocycles. The molecule has 128 valence electrons. The number of carbonyl (C=O) groups excluding carboxylic acids is 1. The fraction of sp³-hybridized carbons (Fsp3) is 0.650. The van der Waals surface area contributed by atoms with Crippen LogP contribution < -0.4 is 5.32 Å². The van der Waals surface area contributed by atoms with Gasteiger partial charge in [-0.05, 0) is 49.8 Å². The van der Waals surface area contributed by atoms with Gasteiger partial charge in [0, 0.05) is 25.0 Å². The molecule has 0 aliphatic heterocycles. The van der Waals surface area contributed by atoms with E-state index in [2.05, 4.69) is 69.2 Å². The molecular formula is C20H32N2O. The van der Waals surface area contributed by atoms with Crippen LogP contribution in [0.15, 0.2) is 24.3 Å². The molecular weight excluding hydrogens is 284 g/mol. The van der Waals surface area contributed by atoms with Gasteiger partial charge in [0.2, 0.25) is 5.91 Å². The molecule has 1 saturated carbocycles. The van der Waals surface area contributed by atoms with Crippen LogP contribution in [-0.2, 0) is 16.6 Å². The maximum absolute atomic E-state index is 12.0. The summed E-state index contributed by atoms with van der Waals surface area (Å²) < 4.78 is 0. The standard InChI is InChI=1S/C20H32N2O/c1-15(22(5)18-11-12-18)14-21-19(23)13-8-16-6-9-17(10-7-16)20(2,3)4/h6-7,9-10,15,18H,8,11-14H2,1-5H3,(H,21,23). The molecule has 0 radical (unpaired) electrons. The Hall–Kier alpha value is -1.35. The highest BCUT2D eigenvalue weighted by atomic mass is 16.1. The molecule has 1 unspecified atom stereocenters. The van der Waals surface area contributed by atoms with E-state index >= 15 is 0 Å². The van der Waals surface area contributed by atoms with Gasteiger partial charge in [-0.2, -0.15) is 0 Å². The molecule has 1 aromatic rings. The van der Waals surface area contributed by atoms with Gasteiger partial charge in [0.1, 0.15) is 0 Å². The highest BCUT2D eigenvalue weighted by molar-refractivity contribution is 5.76. The van der Waals surface area contributed by atoms with Gasteiger partial charge in [-0.25, -0.2) is 0 Å². The van der Waals surface area contributed by atoms with Crippen molar-refractivity contribution in [3.63, 3.8) is 0 Å². The molecule has 1 aliphatic carbocycles. The predicted octanol–water partition coefficient (Wildman–Crippen LogP) is 3.52. The topological polar surface area (TPSA) is 32.3 Å². The highest BCUT2D eigenvalue weighted by Crippen LogP contribution is 2.26. The summed E-state index contributed by atoms with van der Waals surface area (Å²) in [6.07, 6.45) is 3.98. The number of rotatable bonds is 7. The van der Waals surface area contributed by atoms with Crippen LogP contribution >= 0.6 is 0 Å². The first-order chi connectivity index (χ1) is 10.8. The molecule has 0 bridgehead atoms. The zero-order valence-corrected chi connectivity index (χ0v) is 15.4. The van der Waals surface area contributed by atoms with Crippen LogP contribution in [0.2, 0.25) is 0 Å². The Kier molecular flexibility index (Phi) is 5.85. The van der Waals surface area contributed by atoms with Crippen LogP contribution in [-0.4, -0.2) is 36.5 Å². The summed E-state index contributed by atoms with van der Waals surface area (Å²) >= 11 is 0. The minimum atomic E-state index is 0.154. The van der Waals surface area contributed by atoms with Gasteiger partial charge in [0.05, 0.1) is 0 Å². The summed E-state index contributed by atoms with van der Waals surface area (Å²) in [6, 6.07) is 9.81. The smallest absolute Gasteiger partial charge is 0.220 e. The van der Waals surface area contributed by atoms with Crippen LogP contribution in [0, 0.1) is 0 Å². The SMILES string of the molecule is CC(CNC(=O)CCc1ccc(C(C)(C)C)cc1)N(C)C1CC1. The first-order valence-electron chi connectivity index (χ1n) is 8.85. The van der Waals surface area contributed by atoms with Crippen molar-refractivity contribution < 1.29 is 4.79 Å². The lowest BCUT2D eigenvalue weighted by Gasteiger charge is -2.24. The molecule has 1 amide bonds. The lowest BCUT2D eigenvalue weighted by atomic mass is 9.86. The van der Waals surface area contributed by atoms with Crippen molar-refractivity contribution in [3.8, 4) is 0 Å². The van der Waals surface area contributed by atoms with Crippen molar-refractivity contribution in [2.24, 2.45) is 0 Å². The lowest BCUT2D eigenvalue weighted by molar-refractivity contribution is -0.121. The fourth-order valence-electron chi connectivity index (χ4n) is 2.76. The third-order valence-electron chi connectivity index (χ3n) is 4.87. The van der Waals surface area contributed by atoms with E-state index in [0.717, 1.165) is 19.0 Å². The van der Waals surface area contributed by atoms with E-state index in [4.69, 9.17) is 0 Å². The summed E-state index contributed by atoms with van der Waals surface area (Å²) in [6.45, 7) is 9.58. The maximum atomic E-state index is 12.0. The van der Waals surface area contributed by atoms with E-state index in [0.29, 0.717) is 12.5 Å². The minimum absolute atomic E-state index is 0.154. The van der Waals surface area contributed by atoms with Gasteiger partial charge in [0.25, 0.3) is 0 Å². The highest BCUT2D eigenvalue weighted by Gasteiger charge is 2.29. The Balaban J connectivity index is 1.71. The monoisotopic (exact) mass is 316 g/mol. The van der Waals surface area contributed by atoms with Crippen LogP contribution in [0.1, 0.15) is 58.1 Å². The Morgan fingerprint density at radius 2 is 1.87 bits per heavy atom. The molecule has 3 nitrogen and oxygen atoms in total. The number of benzene rings is 1. The van der Waals surface area contributed by atoms with E-state index in [-0.39, 0.29) is 11.3 Å². The maximum Gasteiger partial charge on any atom is 0.220 e. The number of nitrogens with one attached hydrogen (secondary N) is 1. The number of likely N-dealkylation sites (N-methyl/N-ethyl adjacent to an activating group) is 1. The first-order valence-corrected chi connectivity index (χ1v) is 8.85. The van der Waals surface area contributed by atoms with E-state index in [9.17, 15) is 4.79 Å². The number of hydrogen-bond donors (Lipinski definition) is 1. The molecule has 23 heavy (non-hydrogen) atoms. The average Bonchev–Trinajstić information content (AvgIpc) is 3.34. The Morgan fingerprint density at radius 3 is 2.39 bits per heavy atom. The zero-order valence-electron chi connectivity index (χ0n) is 15.4. The molecule has 1 aromatic carbocycles. The fourth-order valence-corrected chi connectivity index (χ4v) is 2.76. The lowest BCUT2D eigenvalue weighted by Crippen LogP contribution is -2.41. The van der Waals surface area contributed by atoms with Gasteiger partial charge >= 0.3 is 0 Å². The number of aryl methyl sites for hydroxylation is 1. The zero-order chi connectivity index (χ0) is 17.0. The van der Waals surface area contributed by atoms with Crippen LogP contribution in [0.3, 0.4) is 0 Å². The molecule has 1 N–H and O–H groups in total. The van der Waals surface area contributed by atoms with E-state index < -0.39 is 0 Å². The van der Waals surface area contributed by atoms with Gasteiger partial charge in [-0.15, -0.1) is 0 Å². The van der Waals surface area contributed by atoms with Crippen molar-refractivity contribution in [1.82, 2.24) is 10.2 Å². The summed E-state index contributed by atoms with van der Waals surface area (Å²) in [5.41, 5.74) is 2.75. The molecule has 1 atom stereocenters. The quantitative estimate of drug-likeness (QED) is 0.835. The second-order valence-corrected chi connectivity index (χ2v) is 8.00. The minimum Gasteiger partial charge on any atom is -0.355 e. The molecule has 0 saturated heterocycles. The number of amides is 1. The predicted molar refractivity (Wildman–Crippen MR) is 96.7 cm³/mol. The number of hydrogen-bond acceptors (Lipinski definition) is 2. The summed E-state index contributed by atoms with van der Waals surface area (Å²) in [4.78, 5) is 14.4. The Bertz CT molecular complexity index is 511. The van der Waals surface area contributed by atoms with Gasteiger partial charge in [-0.3, -0.25) is 9.69 Å². The van der Waals surface area contributed by atoms with Gasteiger partial charge in [-0.1, -0.05) is 45.0 Å². The van der Waals surface area contributed by atoms with Gasteiger partial charge in [0.15, 0.2) is 0 Å². The van der Waals surface area contributed by atoms with Gasteiger partial charge < -0.3 is 5.32 Å². The summed E-state index contributed by atoms with van der Waals surface area (Å²) in [7, 11) is 2.16. The molecule has 2 rings (SSSR count). The largest absolute Gasteiger partial charge is 0.355 e. The average molecular weight is 316 g/mol. The van der Waals surface area contributed by atoms with E-state index in [1.807, 2.05) is 0 Å². The Morgan fingerprint density at radius 1 is 1.26 bits per heavy atom. The van der Waals surface area contributed by atoms with Crippen molar-refractivity contribution in [3.05, 3.63) is 35.4 Å². The Labute approximate surface area is 141 Å². The van der Waals surface area contributed by atoms with Crippen molar-refractivity contribution in [1.29, 1.82) is 0 Å².